The first-order valence-electron chi connectivity index (χ1n) is 12.9. The molecule has 0 fully saturated rings. The summed E-state index contributed by atoms with van der Waals surface area (Å²) in [6.45, 7) is 18.9. The van der Waals surface area contributed by atoms with Crippen LogP contribution in [0.5, 0.6) is 0 Å². The van der Waals surface area contributed by atoms with Crippen LogP contribution in [-0.2, 0) is 18.3 Å². The van der Waals surface area contributed by atoms with E-state index < -0.39 is 0 Å². The molecular formula is C31H46. The van der Waals surface area contributed by atoms with Gasteiger partial charge in [0.15, 0.2) is 0 Å². The third-order valence-electron chi connectivity index (χ3n) is 7.77. The summed E-state index contributed by atoms with van der Waals surface area (Å²) in [5.74, 6) is 0. The number of aryl methyl sites for hydroxylation is 1. The average molecular weight is 419 g/mol. The molecule has 1 aliphatic carbocycles. The molecule has 0 spiro atoms. The highest BCUT2D eigenvalue weighted by atomic mass is 14.4. The van der Waals surface area contributed by atoms with Crippen molar-refractivity contribution in [1.29, 1.82) is 0 Å². The second-order valence-electron chi connectivity index (χ2n) is 11.2. The predicted octanol–water partition coefficient (Wildman–Crippen LogP) is 9.47. The van der Waals surface area contributed by atoms with Crippen LogP contribution in [0.3, 0.4) is 0 Å². The van der Waals surface area contributed by atoms with Gasteiger partial charge in [-0.25, -0.2) is 0 Å². The molecule has 0 unspecified atom stereocenters. The molecule has 0 heterocycles. The van der Waals surface area contributed by atoms with Crippen molar-refractivity contribution >= 4 is 0 Å². The van der Waals surface area contributed by atoms with Crippen molar-refractivity contribution < 1.29 is 0 Å². The lowest BCUT2D eigenvalue weighted by atomic mass is 9.74. The lowest BCUT2D eigenvalue weighted by Crippen LogP contribution is -2.19. The van der Waals surface area contributed by atoms with Gasteiger partial charge in [-0.15, -0.1) is 0 Å². The third kappa shape index (κ3) is 4.94. The molecule has 170 valence electrons. The number of hydrogen-bond acceptors (Lipinski definition) is 0. The molecule has 0 atom stereocenters. The fourth-order valence-electron chi connectivity index (χ4n) is 5.86. The van der Waals surface area contributed by atoms with Gasteiger partial charge in [0.1, 0.15) is 0 Å². The molecule has 0 heteroatoms. The molecule has 0 aliphatic heterocycles. The van der Waals surface area contributed by atoms with Gasteiger partial charge in [-0.05, 0) is 108 Å². The third-order valence-corrected chi connectivity index (χ3v) is 7.77. The molecule has 2 aromatic rings. The van der Waals surface area contributed by atoms with Crippen LogP contribution in [0, 0.1) is 27.7 Å². The number of unbranched alkanes of at least 4 members (excludes halogenated alkanes) is 7. The van der Waals surface area contributed by atoms with E-state index in [1.165, 1.54) is 80.0 Å². The van der Waals surface area contributed by atoms with E-state index >= 15 is 0 Å². The molecule has 0 saturated carbocycles. The minimum atomic E-state index is 0.184. The van der Waals surface area contributed by atoms with Gasteiger partial charge in [0.2, 0.25) is 0 Å². The average Bonchev–Trinajstić information content (AvgIpc) is 3.09. The van der Waals surface area contributed by atoms with Crippen LogP contribution < -0.4 is 0 Å². The highest BCUT2D eigenvalue weighted by molar-refractivity contribution is 5.85. The SMILES string of the molecule is CCCCCCCCCCc1c(C)c(C)c2c(c1C(C)(C)C)Cc1ccc(C)c(C)c1-2. The van der Waals surface area contributed by atoms with Gasteiger partial charge in [-0.3, -0.25) is 0 Å². The largest absolute Gasteiger partial charge is 0.0654 e. The maximum Gasteiger partial charge on any atom is -0.00102 e. The second-order valence-corrected chi connectivity index (χ2v) is 11.2. The van der Waals surface area contributed by atoms with Crippen molar-refractivity contribution in [1.82, 2.24) is 0 Å². The van der Waals surface area contributed by atoms with Crippen molar-refractivity contribution in [2.45, 2.75) is 125 Å². The first kappa shape index (κ1) is 24.1. The number of fused-ring (bicyclic) bond motifs is 3. The molecule has 3 rings (SSSR count). The van der Waals surface area contributed by atoms with Gasteiger partial charge in [0.05, 0.1) is 0 Å². The molecule has 2 aromatic carbocycles. The van der Waals surface area contributed by atoms with Crippen LogP contribution in [-0.4, -0.2) is 0 Å². The molecule has 0 radical (unpaired) electrons. The van der Waals surface area contributed by atoms with Crippen molar-refractivity contribution in [3.8, 4) is 11.1 Å². The topological polar surface area (TPSA) is 0 Å². The molecule has 1 aliphatic rings. The summed E-state index contributed by atoms with van der Waals surface area (Å²) < 4.78 is 0. The smallest absolute Gasteiger partial charge is 0.00102 e. The zero-order valence-corrected chi connectivity index (χ0v) is 21.7. The Balaban J connectivity index is 1.89. The molecule has 0 aromatic heterocycles. The van der Waals surface area contributed by atoms with Crippen molar-refractivity contribution in [2.75, 3.05) is 0 Å². The quantitative estimate of drug-likeness (QED) is 0.303. The van der Waals surface area contributed by atoms with Gasteiger partial charge in [-0.1, -0.05) is 84.8 Å². The lowest BCUT2D eigenvalue weighted by molar-refractivity contribution is 0.559. The molecular weight excluding hydrogens is 372 g/mol. The molecule has 31 heavy (non-hydrogen) atoms. The van der Waals surface area contributed by atoms with Crippen LogP contribution in [0.1, 0.15) is 124 Å². The van der Waals surface area contributed by atoms with E-state index in [9.17, 15) is 0 Å². The van der Waals surface area contributed by atoms with E-state index in [1.807, 2.05) is 0 Å². The van der Waals surface area contributed by atoms with Crippen LogP contribution in [0.4, 0.5) is 0 Å². The summed E-state index contributed by atoms with van der Waals surface area (Å²) in [6.07, 6.45) is 13.5. The van der Waals surface area contributed by atoms with E-state index in [4.69, 9.17) is 0 Å². The Morgan fingerprint density at radius 1 is 0.710 bits per heavy atom. The Labute approximate surface area is 192 Å². The van der Waals surface area contributed by atoms with Crippen molar-refractivity contribution in [3.63, 3.8) is 0 Å². The standard InChI is InChI=1S/C31H46/c1-9-10-11-12-13-14-15-16-17-26-23(4)24(5)29-27(30(26)31(6,7)8)20-25-19-18-21(2)22(3)28(25)29/h18-19H,9-17,20H2,1-8H3. The minimum absolute atomic E-state index is 0.184. The Kier molecular flexibility index (Phi) is 7.72. The zero-order valence-electron chi connectivity index (χ0n) is 21.7. The Morgan fingerprint density at radius 2 is 1.32 bits per heavy atom. The van der Waals surface area contributed by atoms with Crippen LogP contribution in [0.2, 0.25) is 0 Å². The molecule has 0 bridgehead atoms. The van der Waals surface area contributed by atoms with Gasteiger partial charge in [-0.2, -0.15) is 0 Å². The van der Waals surface area contributed by atoms with Crippen LogP contribution >= 0.6 is 0 Å². The van der Waals surface area contributed by atoms with E-state index in [-0.39, 0.29) is 5.41 Å². The summed E-state index contributed by atoms with van der Waals surface area (Å²) >= 11 is 0. The monoisotopic (exact) mass is 418 g/mol. The van der Waals surface area contributed by atoms with E-state index in [0.29, 0.717) is 0 Å². The Bertz CT molecular complexity index is 921. The fraction of sp³-hybridized carbons (Fsp3) is 0.613. The summed E-state index contributed by atoms with van der Waals surface area (Å²) in [5.41, 5.74) is 15.8. The van der Waals surface area contributed by atoms with E-state index in [0.717, 1.165) is 6.42 Å². The van der Waals surface area contributed by atoms with Crippen LogP contribution in [0.15, 0.2) is 12.1 Å². The summed E-state index contributed by atoms with van der Waals surface area (Å²) in [5, 5.41) is 0. The van der Waals surface area contributed by atoms with Crippen LogP contribution in [0.25, 0.3) is 11.1 Å². The zero-order chi connectivity index (χ0) is 22.8. The fourth-order valence-corrected chi connectivity index (χ4v) is 5.86. The maximum absolute atomic E-state index is 2.43. The molecule has 0 saturated heterocycles. The minimum Gasteiger partial charge on any atom is -0.0654 e. The first-order chi connectivity index (χ1) is 14.7. The molecule has 0 nitrogen and oxygen atoms in total. The van der Waals surface area contributed by atoms with Crippen molar-refractivity contribution in [3.05, 3.63) is 56.6 Å². The molecule has 0 N–H and O–H groups in total. The Hall–Kier alpha value is -1.56. The number of benzene rings is 2. The highest BCUT2D eigenvalue weighted by Crippen LogP contribution is 2.48. The summed E-state index contributed by atoms with van der Waals surface area (Å²) in [4.78, 5) is 0. The van der Waals surface area contributed by atoms with Gasteiger partial charge in [0.25, 0.3) is 0 Å². The lowest BCUT2D eigenvalue weighted by Gasteiger charge is -2.30. The first-order valence-corrected chi connectivity index (χ1v) is 12.9. The normalized spacial score (nSPS) is 12.9. The maximum atomic E-state index is 2.43. The van der Waals surface area contributed by atoms with Gasteiger partial charge >= 0.3 is 0 Å². The van der Waals surface area contributed by atoms with Gasteiger partial charge < -0.3 is 0 Å². The summed E-state index contributed by atoms with van der Waals surface area (Å²) in [6, 6.07) is 4.71. The number of hydrogen-bond donors (Lipinski definition) is 0. The summed E-state index contributed by atoms with van der Waals surface area (Å²) in [7, 11) is 0. The highest BCUT2D eigenvalue weighted by Gasteiger charge is 2.32. The van der Waals surface area contributed by atoms with Gasteiger partial charge in [0, 0.05) is 0 Å². The van der Waals surface area contributed by atoms with E-state index in [1.54, 1.807) is 33.4 Å². The second kappa shape index (κ2) is 9.93. The number of rotatable bonds is 9. The Morgan fingerprint density at radius 3 is 1.94 bits per heavy atom. The predicted molar refractivity (Wildman–Crippen MR) is 139 cm³/mol. The van der Waals surface area contributed by atoms with E-state index in [2.05, 4.69) is 67.5 Å². The molecule has 0 amide bonds. The van der Waals surface area contributed by atoms with Crippen molar-refractivity contribution in [2.24, 2.45) is 0 Å².